The molecular weight excluding hydrogens is 143 g/mol. The average Bonchev–Trinajstić information content (AvgIpc) is 1.66. The summed E-state index contributed by atoms with van der Waals surface area (Å²) in [5, 5.41) is 17.0. The molecule has 0 fully saturated rings. The zero-order valence-corrected chi connectivity index (χ0v) is 8.89. The first-order valence-electron chi connectivity index (χ1n) is 2.93. The Hall–Kier alpha value is 0.430. The maximum atomic E-state index is 8.89. The van der Waals surface area contributed by atoms with Crippen molar-refractivity contribution in [3.63, 3.8) is 0 Å². The number of hydrogen-bond donors (Lipinski definition) is 1. The number of carboxylic acid groups (broad SMARTS) is 1. The number of unbranched alkanes of at least 4 members (excludes halogenated alkanes) is 1. The molecule has 0 unspecified atom stereocenters. The van der Waals surface area contributed by atoms with Gasteiger partial charge in [-0.3, -0.25) is 0 Å². The molecule has 0 saturated carbocycles. The maximum absolute atomic E-state index is 8.89. The van der Waals surface area contributed by atoms with Crippen LogP contribution >= 0.6 is 0 Å². The van der Waals surface area contributed by atoms with Gasteiger partial charge in [0.25, 0.3) is 0 Å². The van der Waals surface area contributed by atoms with E-state index in [1.165, 1.54) is 0 Å². The van der Waals surface area contributed by atoms with Crippen LogP contribution in [0.1, 0.15) is 26.7 Å². The topological polar surface area (TPSA) is 60.4 Å². The van der Waals surface area contributed by atoms with Crippen LogP contribution in [0.15, 0.2) is 0 Å². The van der Waals surface area contributed by atoms with E-state index in [1.807, 2.05) is 0 Å². The van der Waals surface area contributed by atoms with E-state index >= 15 is 0 Å². The molecule has 4 heteroatoms. The van der Waals surface area contributed by atoms with Gasteiger partial charge in [-0.25, -0.2) is 0 Å². The van der Waals surface area contributed by atoms with E-state index in [1.54, 1.807) is 0 Å². The molecule has 0 spiro atoms. The fraction of sp³-hybridized carbons (Fsp3) is 0.833. The molecule has 0 aromatic rings. The Morgan fingerprint density at radius 3 is 1.90 bits per heavy atom. The Morgan fingerprint density at radius 2 is 1.90 bits per heavy atom. The number of carboxylic acids is 1. The van der Waals surface area contributed by atoms with Crippen LogP contribution in [0.3, 0.4) is 0 Å². The number of hydrogen-bond acceptors (Lipinski definition) is 3. The Bertz CT molecular complexity index is 60.0. The van der Waals surface area contributed by atoms with Crippen molar-refractivity contribution in [2.24, 2.45) is 0 Å². The summed E-state index contributed by atoms with van der Waals surface area (Å²) in [5.74, 6) is -1.08. The molecule has 0 bridgehead atoms. The molecule has 0 rings (SSSR count). The molecule has 0 aliphatic heterocycles. The molecule has 0 aliphatic carbocycles. The Labute approximate surface area is 83.7 Å². The van der Waals surface area contributed by atoms with Gasteiger partial charge in [0.05, 0.1) is 0 Å². The number of aliphatic hydroxyl groups is 1. The van der Waals surface area contributed by atoms with E-state index in [9.17, 15) is 0 Å². The van der Waals surface area contributed by atoms with Crippen LogP contribution in [0.2, 0.25) is 0 Å². The SMILES string of the molecule is CC(=O)[O-].CCCCO.[Na+]. The van der Waals surface area contributed by atoms with Gasteiger partial charge in [-0.05, 0) is 13.3 Å². The van der Waals surface area contributed by atoms with Crippen LogP contribution in [0, 0.1) is 0 Å². The molecule has 56 valence electrons. The molecule has 0 heterocycles. The van der Waals surface area contributed by atoms with Gasteiger partial charge in [-0.1, -0.05) is 13.3 Å². The van der Waals surface area contributed by atoms with Crippen molar-refractivity contribution in [3.8, 4) is 0 Å². The van der Waals surface area contributed by atoms with Gasteiger partial charge < -0.3 is 15.0 Å². The fourth-order valence-electron chi connectivity index (χ4n) is 0.158. The van der Waals surface area contributed by atoms with Gasteiger partial charge in [-0.2, -0.15) is 0 Å². The van der Waals surface area contributed by atoms with Crippen molar-refractivity contribution < 1.29 is 44.6 Å². The van der Waals surface area contributed by atoms with Crippen molar-refractivity contribution >= 4 is 5.97 Å². The van der Waals surface area contributed by atoms with Gasteiger partial charge in [0.2, 0.25) is 0 Å². The number of aliphatic hydroxyl groups excluding tert-OH is 1. The predicted octanol–water partition coefficient (Wildman–Crippen LogP) is -3.46. The minimum Gasteiger partial charge on any atom is -0.550 e. The average molecular weight is 156 g/mol. The summed E-state index contributed by atoms with van der Waals surface area (Å²) < 4.78 is 0. The second-order valence-corrected chi connectivity index (χ2v) is 1.57. The summed E-state index contributed by atoms with van der Waals surface area (Å²) in [7, 11) is 0. The zero-order chi connectivity index (χ0) is 7.70. The van der Waals surface area contributed by atoms with Crippen LogP contribution in [-0.4, -0.2) is 17.7 Å². The first-order valence-corrected chi connectivity index (χ1v) is 2.93. The van der Waals surface area contributed by atoms with Gasteiger partial charge >= 0.3 is 29.6 Å². The molecule has 10 heavy (non-hydrogen) atoms. The summed E-state index contributed by atoms with van der Waals surface area (Å²) in [4.78, 5) is 8.89. The van der Waals surface area contributed by atoms with Gasteiger partial charge in [0.15, 0.2) is 0 Å². The second-order valence-electron chi connectivity index (χ2n) is 1.57. The monoisotopic (exact) mass is 156 g/mol. The van der Waals surface area contributed by atoms with Gasteiger partial charge in [0, 0.05) is 12.6 Å². The first kappa shape index (κ1) is 16.8. The fourth-order valence-corrected chi connectivity index (χ4v) is 0.158. The quantitative estimate of drug-likeness (QED) is 0.423. The maximum Gasteiger partial charge on any atom is 1.00 e. The largest absolute Gasteiger partial charge is 1.00 e. The standard InChI is InChI=1S/C4H10O.C2H4O2.Na/c1-2-3-4-5;1-2(3)4;/h5H,2-4H2,1H3;1H3,(H,3,4);/q;;+1/p-1. The minimum atomic E-state index is -1.08. The Kier molecular flexibility index (Phi) is 27.2. The molecule has 0 aliphatic rings. The number of carbonyl (C=O) groups is 1. The molecule has 0 saturated heterocycles. The van der Waals surface area contributed by atoms with Crippen LogP contribution in [0.5, 0.6) is 0 Å². The smallest absolute Gasteiger partial charge is 0.550 e. The van der Waals surface area contributed by atoms with Crippen LogP contribution in [0.4, 0.5) is 0 Å². The van der Waals surface area contributed by atoms with E-state index in [4.69, 9.17) is 15.0 Å². The van der Waals surface area contributed by atoms with Crippen LogP contribution in [0.25, 0.3) is 0 Å². The van der Waals surface area contributed by atoms with Crippen LogP contribution in [-0.2, 0) is 4.79 Å². The van der Waals surface area contributed by atoms with Crippen molar-refractivity contribution in [1.82, 2.24) is 0 Å². The third kappa shape index (κ3) is 78.8. The summed E-state index contributed by atoms with van der Waals surface area (Å²) in [6.45, 7) is 3.37. The van der Waals surface area contributed by atoms with Crippen molar-refractivity contribution in [2.75, 3.05) is 6.61 Å². The molecule has 0 aromatic heterocycles. The second kappa shape index (κ2) is 16.2. The molecule has 0 aromatic carbocycles. The number of rotatable bonds is 2. The van der Waals surface area contributed by atoms with Gasteiger partial charge in [0.1, 0.15) is 0 Å². The summed E-state index contributed by atoms with van der Waals surface area (Å²) >= 11 is 0. The number of carbonyl (C=O) groups excluding carboxylic acids is 1. The zero-order valence-electron chi connectivity index (χ0n) is 6.89. The number of aliphatic carboxylic acids is 1. The van der Waals surface area contributed by atoms with E-state index in [2.05, 4.69) is 6.92 Å². The van der Waals surface area contributed by atoms with Crippen LogP contribution < -0.4 is 34.7 Å². The third-order valence-electron chi connectivity index (χ3n) is 0.512. The predicted molar refractivity (Wildman–Crippen MR) is 32.7 cm³/mol. The Balaban J connectivity index is -0.0000000910. The summed E-state index contributed by atoms with van der Waals surface area (Å²) in [6.07, 6.45) is 2.04. The van der Waals surface area contributed by atoms with E-state index < -0.39 is 5.97 Å². The Morgan fingerprint density at radius 1 is 1.60 bits per heavy atom. The summed E-state index contributed by atoms with van der Waals surface area (Å²) in [6, 6.07) is 0. The van der Waals surface area contributed by atoms with Crippen molar-refractivity contribution in [1.29, 1.82) is 0 Å². The van der Waals surface area contributed by atoms with Gasteiger partial charge in [-0.15, -0.1) is 0 Å². The molecule has 3 nitrogen and oxygen atoms in total. The van der Waals surface area contributed by atoms with Crippen molar-refractivity contribution in [3.05, 3.63) is 0 Å². The molecule has 1 N–H and O–H groups in total. The molecule has 0 atom stereocenters. The normalized spacial score (nSPS) is 6.70. The van der Waals surface area contributed by atoms with E-state index in [0.29, 0.717) is 6.61 Å². The first-order chi connectivity index (χ1) is 4.15. The molecular formula is C6H13NaO3. The van der Waals surface area contributed by atoms with Crippen molar-refractivity contribution in [2.45, 2.75) is 26.7 Å². The molecule has 0 radical (unpaired) electrons. The summed E-state index contributed by atoms with van der Waals surface area (Å²) in [5.41, 5.74) is 0. The van der Waals surface area contributed by atoms with E-state index in [0.717, 1.165) is 19.8 Å². The minimum absolute atomic E-state index is 0. The van der Waals surface area contributed by atoms with E-state index in [-0.39, 0.29) is 29.6 Å². The third-order valence-corrected chi connectivity index (χ3v) is 0.512. The molecule has 0 amide bonds.